The monoisotopic (exact) mass is 290 g/mol. The molecule has 0 saturated carbocycles. The van der Waals surface area contributed by atoms with Gasteiger partial charge in [-0.05, 0) is 36.4 Å². The topological polar surface area (TPSA) is 42.7 Å². The zero-order valence-electron chi connectivity index (χ0n) is 9.95. The minimum atomic E-state index is 0.778. The molecular formula is C13H11ClN4S. The molecule has 0 aliphatic heterocycles. The Bertz CT molecular complexity index is 646. The minimum Gasteiger partial charge on any atom is -0.380 e. The molecule has 3 aromatic rings. The van der Waals surface area contributed by atoms with Gasteiger partial charge in [0.15, 0.2) is 0 Å². The summed E-state index contributed by atoms with van der Waals surface area (Å²) in [4.78, 5) is 5.14. The van der Waals surface area contributed by atoms with Gasteiger partial charge >= 0.3 is 0 Å². The molecule has 0 atom stereocenters. The van der Waals surface area contributed by atoms with Crippen molar-refractivity contribution >= 4 is 28.6 Å². The van der Waals surface area contributed by atoms with Crippen LogP contribution >= 0.6 is 22.9 Å². The van der Waals surface area contributed by atoms with E-state index >= 15 is 0 Å². The normalized spacial score (nSPS) is 10.6. The number of nitrogens with one attached hydrogen (secondary N) is 1. The van der Waals surface area contributed by atoms with Gasteiger partial charge in [-0.15, -0.1) is 11.3 Å². The summed E-state index contributed by atoms with van der Waals surface area (Å²) in [5.41, 5.74) is 2.05. The van der Waals surface area contributed by atoms with Gasteiger partial charge < -0.3 is 5.32 Å². The first-order valence-electron chi connectivity index (χ1n) is 5.74. The third kappa shape index (κ3) is 2.94. The Labute approximate surface area is 119 Å². The fourth-order valence-corrected chi connectivity index (χ4v) is 2.74. The Hall–Kier alpha value is -1.85. The van der Waals surface area contributed by atoms with E-state index in [-0.39, 0.29) is 0 Å². The summed E-state index contributed by atoms with van der Waals surface area (Å²) in [5.74, 6) is 0. The van der Waals surface area contributed by atoms with Crippen LogP contribution in [0.1, 0.15) is 4.88 Å². The smallest absolute Gasteiger partial charge is 0.138 e. The van der Waals surface area contributed by atoms with E-state index in [0.717, 1.165) is 22.3 Å². The lowest BCUT2D eigenvalue weighted by Crippen LogP contribution is -1.98. The average Bonchev–Trinajstić information content (AvgIpc) is 3.08. The molecule has 2 aromatic heterocycles. The lowest BCUT2D eigenvalue weighted by molar-refractivity contribution is 0.879. The first kappa shape index (κ1) is 12.2. The van der Waals surface area contributed by atoms with Gasteiger partial charge in [0.25, 0.3) is 0 Å². The van der Waals surface area contributed by atoms with Crippen LogP contribution in [-0.2, 0) is 6.54 Å². The molecule has 2 heterocycles. The maximum atomic E-state index is 5.90. The lowest BCUT2D eigenvalue weighted by Gasteiger charge is -2.06. The fraction of sp³-hybridized carbons (Fsp3) is 0.0769. The number of halogens is 1. The predicted octanol–water partition coefficient (Wildman–Crippen LogP) is 3.59. The highest BCUT2D eigenvalue weighted by atomic mass is 35.5. The van der Waals surface area contributed by atoms with Crippen LogP contribution in [0.5, 0.6) is 0 Å². The quantitative estimate of drug-likeness (QED) is 0.798. The van der Waals surface area contributed by atoms with Crippen molar-refractivity contribution in [2.45, 2.75) is 6.54 Å². The van der Waals surface area contributed by atoms with E-state index in [1.165, 1.54) is 11.2 Å². The minimum absolute atomic E-state index is 0.778. The van der Waals surface area contributed by atoms with Crippen molar-refractivity contribution in [3.8, 4) is 5.69 Å². The summed E-state index contributed by atoms with van der Waals surface area (Å²) in [6.45, 7) is 0.778. The molecule has 19 heavy (non-hydrogen) atoms. The van der Waals surface area contributed by atoms with Crippen molar-refractivity contribution in [3.63, 3.8) is 0 Å². The molecule has 96 valence electrons. The molecule has 4 nitrogen and oxygen atoms in total. The van der Waals surface area contributed by atoms with Gasteiger partial charge in [-0.1, -0.05) is 11.6 Å². The molecule has 0 fully saturated rings. The molecule has 0 unspecified atom stereocenters. The fourth-order valence-electron chi connectivity index (χ4n) is 1.71. The third-order valence-corrected chi connectivity index (χ3v) is 3.88. The van der Waals surface area contributed by atoms with Crippen molar-refractivity contribution < 1.29 is 0 Å². The Morgan fingerprint density at radius 2 is 2.00 bits per heavy atom. The van der Waals surface area contributed by atoms with Crippen LogP contribution in [0.25, 0.3) is 5.69 Å². The molecule has 0 aliphatic carbocycles. The number of anilines is 1. The number of rotatable bonds is 4. The summed E-state index contributed by atoms with van der Waals surface area (Å²) in [5, 5.41) is 7.44. The van der Waals surface area contributed by atoms with Gasteiger partial charge in [0, 0.05) is 17.1 Å². The number of nitrogens with zero attached hydrogens (tertiary/aromatic N) is 3. The Morgan fingerprint density at radius 1 is 1.16 bits per heavy atom. The van der Waals surface area contributed by atoms with Crippen LogP contribution in [0.15, 0.2) is 49.1 Å². The zero-order chi connectivity index (χ0) is 13.1. The summed E-state index contributed by atoms with van der Waals surface area (Å²) >= 11 is 7.48. The van der Waals surface area contributed by atoms with E-state index in [0.29, 0.717) is 0 Å². The zero-order valence-corrected chi connectivity index (χ0v) is 11.5. The molecule has 0 aliphatic rings. The molecule has 0 saturated heterocycles. The van der Waals surface area contributed by atoms with Crippen molar-refractivity contribution in [2.75, 3.05) is 5.32 Å². The highest BCUT2D eigenvalue weighted by molar-refractivity contribution is 7.16. The van der Waals surface area contributed by atoms with Gasteiger partial charge in [0.2, 0.25) is 0 Å². The number of benzene rings is 1. The second-order valence-corrected chi connectivity index (χ2v) is 5.75. The van der Waals surface area contributed by atoms with Crippen molar-refractivity contribution in [3.05, 3.63) is 58.3 Å². The third-order valence-electron chi connectivity index (χ3n) is 2.65. The average molecular weight is 291 g/mol. The lowest BCUT2D eigenvalue weighted by atomic mass is 10.3. The summed E-state index contributed by atoms with van der Waals surface area (Å²) in [6, 6.07) is 12.0. The number of aromatic nitrogens is 3. The van der Waals surface area contributed by atoms with Crippen molar-refractivity contribution in [1.82, 2.24) is 14.8 Å². The van der Waals surface area contributed by atoms with Crippen molar-refractivity contribution in [2.24, 2.45) is 0 Å². The van der Waals surface area contributed by atoms with Crippen LogP contribution in [0.2, 0.25) is 4.34 Å². The van der Waals surface area contributed by atoms with Crippen LogP contribution in [-0.4, -0.2) is 14.8 Å². The highest BCUT2D eigenvalue weighted by Gasteiger charge is 1.99. The largest absolute Gasteiger partial charge is 0.380 e. The van der Waals surface area contributed by atoms with E-state index in [9.17, 15) is 0 Å². The van der Waals surface area contributed by atoms with Crippen LogP contribution < -0.4 is 5.32 Å². The highest BCUT2D eigenvalue weighted by Crippen LogP contribution is 2.22. The van der Waals surface area contributed by atoms with Gasteiger partial charge in [0.1, 0.15) is 12.7 Å². The van der Waals surface area contributed by atoms with E-state index in [2.05, 4.69) is 15.4 Å². The number of hydrogen-bond donors (Lipinski definition) is 1. The SMILES string of the molecule is Clc1ccc(CNc2ccc(-n3cncn3)cc2)s1. The van der Waals surface area contributed by atoms with Gasteiger partial charge in [-0.25, -0.2) is 9.67 Å². The summed E-state index contributed by atoms with van der Waals surface area (Å²) in [7, 11) is 0. The Balaban J connectivity index is 1.66. The molecule has 0 amide bonds. The first-order chi connectivity index (χ1) is 9.31. The predicted molar refractivity (Wildman–Crippen MR) is 78.0 cm³/mol. The number of hydrogen-bond acceptors (Lipinski definition) is 4. The van der Waals surface area contributed by atoms with Gasteiger partial charge in [0.05, 0.1) is 10.0 Å². The molecule has 1 aromatic carbocycles. The van der Waals surface area contributed by atoms with Crippen LogP contribution in [0.3, 0.4) is 0 Å². The van der Waals surface area contributed by atoms with Gasteiger partial charge in [-0.3, -0.25) is 0 Å². The maximum absolute atomic E-state index is 5.90. The van der Waals surface area contributed by atoms with Gasteiger partial charge in [-0.2, -0.15) is 5.10 Å². The summed E-state index contributed by atoms with van der Waals surface area (Å²) in [6.07, 6.45) is 3.20. The van der Waals surface area contributed by atoms with Crippen LogP contribution in [0.4, 0.5) is 5.69 Å². The summed E-state index contributed by atoms with van der Waals surface area (Å²) < 4.78 is 2.54. The molecule has 1 N–H and O–H groups in total. The molecular weight excluding hydrogens is 280 g/mol. The maximum Gasteiger partial charge on any atom is 0.138 e. The molecule has 0 radical (unpaired) electrons. The van der Waals surface area contributed by atoms with E-state index in [4.69, 9.17) is 11.6 Å². The van der Waals surface area contributed by atoms with Crippen LogP contribution in [0, 0.1) is 0 Å². The Morgan fingerprint density at radius 3 is 2.63 bits per heavy atom. The number of thiophene rings is 1. The Kier molecular flexibility index (Phi) is 3.48. The molecule has 6 heteroatoms. The van der Waals surface area contributed by atoms with E-state index in [1.54, 1.807) is 22.3 Å². The molecule has 3 rings (SSSR count). The second kappa shape index (κ2) is 5.42. The van der Waals surface area contributed by atoms with E-state index in [1.807, 2.05) is 36.4 Å². The van der Waals surface area contributed by atoms with E-state index < -0.39 is 0 Å². The second-order valence-electron chi connectivity index (χ2n) is 3.95. The first-order valence-corrected chi connectivity index (χ1v) is 6.94. The molecule has 0 spiro atoms. The molecule has 0 bridgehead atoms. The standard InChI is InChI=1S/C13H11ClN4S/c14-13-6-5-12(19-13)7-16-10-1-3-11(4-2-10)18-9-15-8-17-18/h1-6,8-9,16H,7H2. The van der Waals surface area contributed by atoms with Crippen molar-refractivity contribution in [1.29, 1.82) is 0 Å².